The molecule has 5 rings (SSSR count). The molecular formula is C25H27N3O8. The Morgan fingerprint density at radius 2 is 1.75 bits per heavy atom. The van der Waals surface area contributed by atoms with Crippen molar-refractivity contribution in [3.05, 3.63) is 51.2 Å². The topological polar surface area (TPSA) is 119 Å². The summed E-state index contributed by atoms with van der Waals surface area (Å²) in [5, 5.41) is 3.02. The normalized spacial score (nSPS) is 16.7. The molecule has 0 bridgehead atoms. The fraction of sp³-hybridized carbons (Fsp3) is 0.400. The summed E-state index contributed by atoms with van der Waals surface area (Å²) in [5.41, 5.74) is -0.320. The van der Waals surface area contributed by atoms with Crippen molar-refractivity contribution in [3.63, 3.8) is 0 Å². The van der Waals surface area contributed by atoms with Gasteiger partial charge in [0, 0.05) is 24.4 Å². The number of nitrogens with one attached hydrogen (secondary N) is 1. The summed E-state index contributed by atoms with van der Waals surface area (Å²) in [6, 6.07) is 8.13. The van der Waals surface area contributed by atoms with Gasteiger partial charge in [0.2, 0.25) is 5.91 Å². The zero-order chi connectivity index (χ0) is 25.2. The van der Waals surface area contributed by atoms with Crippen molar-refractivity contribution in [1.29, 1.82) is 0 Å². The lowest BCUT2D eigenvalue weighted by Gasteiger charge is -2.19. The Morgan fingerprint density at radius 3 is 2.47 bits per heavy atom. The van der Waals surface area contributed by atoms with E-state index in [0.29, 0.717) is 48.5 Å². The van der Waals surface area contributed by atoms with Gasteiger partial charge in [-0.1, -0.05) is 0 Å². The van der Waals surface area contributed by atoms with E-state index < -0.39 is 17.2 Å². The first-order valence-corrected chi connectivity index (χ1v) is 11.7. The van der Waals surface area contributed by atoms with E-state index in [-0.39, 0.29) is 30.1 Å². The highest BCUT2D eigenvalue weighted by Gasteiger charge is 2.23. The second kappa shape index (κ2) is 9.94. The number of ether oxygens (including phenoxy) is 5. The molecule has 3 aromatic rings. The van der Waals surface area contributed by atoms with Gasteiger partial charge < -0.3 is 29.0 Å². The van der Waals surface area contributed by atoms with Gasteiger partial charge in [0.05, 0.1) is 37.8 Å². The molecule has 0 unspecified atom stereocenters. The molecule has 2 aliphatic heterocycles. The van der Waals surface area contributed by atoms with Crippen LogP contribution in [-0.4, -0.2) is 55.2 Å². The number of carbonyl (C=O) groups is 1. The molecule has 1 atom stereocenters. The standard InChI is InChI=1S/C25H27N3O8/c1-32-20-11-17-18(12-21(20)33-2)27(25(31)28(24(17)30)13-16-4-3-7-34-16)14-23(29)26-15-5-6-19-22(10-15)36-9-8-35-19/h5-6,10-12,16H,3-4,7-9,13-14H2,1-2H3,(H,26,29)/t16-/m1/s1. The van der Waals surface area contributed by atoms with Crippen LogP contribution in [-0.2, 0) is 22.6 Å². The van der Waals surface area contributed by atoms with Gasteiger partial charge in [-0.25, -0.2) is 4.79 Å². The Bertz CT molecular complexity index is 1420. The van der Waals surface area contributed by atoms with Crippen LogP contribution in [0.2, 0.25) is 0 Å². The van der Waals surface area contributed by atoms with Crippen molar-refractivity contribution in [3.8, 4) is 23.0 Å². The van der Waals surface area contributed by atoms with Crippen molar-refractivity contribution in [2.45, 2.75) is 32.0 Å². The van der Waals surface area contributed by atoms with Gasteiger partial charge in [0.15, 0.2) is 23.0 Å². The van der Waals surface area contributed by atoms with Gasteiger partial charge in [-0.05, 0) is 31.0 Å². The molecule has 11 nitrogen and oxygen atoms in total. The minimum atomic E-state index is -0.604. The smallest absolute Gasteiger partial charge is 0.332 e. The molecule has 1 amide bonds. The number of hydrogen-bond acceptors (Lipinski definition) is 8. The van der Waals surface area contributed by atoms with Crippen LogP contribution < -0.4 is 35.5 Å². The number of hydrogen-bond donors (Lipinski definition) is 1. The van der Waals surface area contributed by atoms with Crippen molar-refractivity contribution in [2.75, 3.05) is 39.4 Å². The van der Waals surface area contributed by atoms with Crippen LogP contribution in [0.15, 0.2) is 39.9 Å². The van der Waals surface area contributed by atoms with Crippen molar-refractivity contribution < 1.29 is 28.5 Å². The van der Waals surface area contributed by atoms with Crippen molar-refractivity contribution >= 4 is 22.5 Å². The van der Waals surface area contributed by atoms with Crippen LogP contribution in [0.4, 0.5) is 5.69 Å². The van der Waals surface area contributed by atoms with Gasteiger partial charge >= 0.3 is 5.69 Å². The number of nitrogens with zero attached hydrogens (tertiary/aromatic N) is 2. The third-order valence-electron chi connectivity index (χ3n) is 6.27. The summed E-state index contributed by atoms with van der Waals surface area (Å²) in [6.07, 6.45) is 1.37. The van der Waals surface area contributed by atoms with Gasteiger partial charge in [0.1, 0.15) is 19.8 Å². The second-order valence-electron chi connectivity index (χ2n) is 8.55. The van der Waals surface area contributed by atoms with E-state index in [0.717, 1.165) is 17.4 Å². The van der Waals surface area contributed by atoms with Crippen LogP contribution in [0, 0.1) is 0 Å². The first-order chi connectivity index (χ1) is 17.5. The Morgan fingerprint density at radius 1 is 1.00 bits per heavy atom. The number of carbonyl (C=O) groups excluding carboxylic acids is 1. The molecule has 1 saturated heterocycles. The summed E-state index contributed by atoms with van der Waals surface area (Å²) in [7, 11) is 2.92. The first-order valence-electron chi connectivity index (χ1n) is 11.7. The molecule has 0 spiro atoms. The van der Waals surface area contributed by atoms with Crippen LogP contribution >= 0.6 is 0 Å². The summed E-state index contributed by atoms with van der Waals surface area (Å²) in [4.78, 5) is 39.9. The third kappa shape index (κ3) is 4.49. The minimum Gasteiger partial charge on any atom is -0.493 e. The Hall–Kier alpha value is -3.99. The zero-order valence-electron chi connectivity index (χ0n) is 20.1. The van der Waals surface area contributed by atoms with E-state index in [9.17, 15) is 14.4 Å². The predicted octanol–water partition coefficient (Wildman–Crippen LogP) is 1.77. The minimum absolute atomic E-state index is 0.103. The largest absolute Gasteiger partial charge is 0.493 e. The quantitative estimate of drug-likeness (QED) is 0.525. The van der Waals surface area contributed by atoms with Crippen molar-refractivity contribution in [1.82, 2.24) is 9.13 Å². The Kier molecular flexibility index (Phi) is 6.55. The molecule has 190 valence electrons. The molecule has 2 aliphatic rings. The third-order valence-corrected chi connectivity index (χ3v) is 6.27. The van der Waals surface area contributed by atoms with Gasteiger partial charge in [-0.2, -0.15) is 0 Å². The maximum atomic E-state index is 13.5. The van der Waals surface area contributed by atoms with Crippen LogP contribution in [0.5, 0.6) is 23.0 Å². The average molecular weight is 498 g/mol. The van der Waals surface area contributed by atoms with E-state index in [2.05, 4.69) is 5.32 Å². The fourth-order valence-corrected chi connectivity index (χ4v) is 4.51. The van der Waals surface area contributed by atoms with E-state index in [1.165, 1.54) is 30.9 Å². The predicted molar refractivity (Wildman–Crippen MR) is 131 cm³/mol. The van der Waals surface area contributed by atoms with E-state index in [4.69, 9.17) is 23.7 Å². The van der Waals surface area contributed by atoms with Crippen LogP contribution in [0.1, 0.15) is 12.8 Å². The maximum absolute atomic E-state index is 13.5. The lowest BCUT2D eigenvalue weighted by atomic mass is 10.2. The number of aromatic nitrogens is 2. The molecule has 0 aliphatic carbocycles. The number of methoxy groups -OCH3 is 2. The monoisotopic (exact) mass is 497 g/mol. The molecule has 0 radical (unpaired) electrons. The zero-order valence-corrected chi connectivity index (χ0v) is 20.1. The summed E-state index contributed by atoms with van der Waals surface area (Å²) in [5.74, 6) is 1.36. The van der Waals surface area contributed by atoms with Gasteiger partial charge in [-0.15, -0.1) is 0 Å². The van der Waals surface area contributed by atoms with Gasteiger partial charge in [-0.3, -0.25) is 18.7 Å². The molecule has 11 heteroatoms. The molecule has 3 heterocycles. The molecule has 1 fully saturated rings. The highest BCUT2D eigenvalue weighted by molar-refractivity contribution is 5.92. The highest BCUT2D eigenvalue weighted by Crippen LogP contribution is 2.33. The number of fused-ring (bicyclic) bond motifs is 2. The number of benzene rings is 2. The lowest BCUT2D eigenvalue weighted by molar-refractivity contribution is -0.116. The molecule has 2 aromatic carbocycles. The van der Waals surface area contributed by atoms with Crippen molar-refractivity contribution in [2.24, 2.45) is 0 Å². The first kappa shape index (κ1) is 23.7. The molecule has 36 heavy (non-hydrogen) atoms. The van der Waals surface area contributed by atoms with Crippen LogP contribution in [0.25, 0.3) is 10.9 Å². The summed E-state index contributed by atoms with van der Waals surface area (Å²) >= 11 is 0. The second-order valence-corrected chi connectivity index (χ2v) is 8.55. The Balaban J connectivity index is 1.54. The van der Waals surface area contributed by atoms with E-state index >= 15 is 0 Å². The molecular weight excluding hydrogens is 470 g/mol. The maximum Gasteiger partial charge on any atom is 0.332 e. The van der Waals surface area contributed by atoms with Gasteiger partial charge in [0.25, 0.3) is 5.56 Å². The molecule has 0 saturated carbocycles. The number of amides is 1. The summed E-state index contributed by atoms with van der Waals surface area (Å²) < 4.78 is 29.9. The lowest BCUT2D eigenvalue weighted by Crippen LogP contribution is -2.43. The highest BCUT2D eigenvalue weighted by atomic mass is 16.6. The van der Waals surface area contributed by atoms with E-state index in [1.54, 1.807) is 18.2 Å². The SMILES string of the molecule is COc1cc2c(=O)n(C[C@H]3CCCO3)c(=O)n(CC(=O)Nc3ccc4c(c3)OCCO4)c2cc1OC. The number of rotatable bonds is 7. The average Bonchev–Trinajstić information content (AvgIpc) is 3.41. The summed E-state index contributed by atoms with van der Waals surface area (Å²) in [6.45, 7) is 1.24. The number of anilines is 1. The molecule has 1 aromatic heterocycles. The van der Waals surface area contributed by atoms with Crippen LogP contribution in [0.3, 0.4) is 0 Å². The Labute approximate surface area is 206 Å². The molecule has 1 N–H and O–H groups in total. The fourth-order valence-electron chi connectivity index (χ4n) is 4.51. The van der Waals surface area contributed by atoms with E-state index in [1.807, 2.05) is 0 Å².